The van der Waals surface area contributed by atoms with Crippen LogP contribution in [0.25, 0.3) is 0 Å². The Morgan fingerprint density at radius 2 is 1.61 bits per heavy atom. The summed E-state index contributed by atoms with van der Waals surface area (Å²) in [4.78, 5) is 37.3. The first-order valence-electron chi connectivity index (χ1n) is 14.7. The zero-order valence-corrected chi connectivity index (χ0v) is 22.9. The number of methoxy groups -OCH3 is 1. The maximum Gasteiger partial charge on any atom is 0.317 e. The van der Waals surface area contributed by atoms with Gasteiger partial charge in [-0.05, 0) is 81.5 Å². The number of carbonyl (C=O) groups excluding carboxylic acids is 3. The van der Waals surface area contributed by atoms with E-state index < -0.39 is 5.41 Å². The second-order valence-corrected chi connectivity index (χ2v) is 13.0. The Morgan fingerprint density at radius 3 is 2.31 bits per heavy atom. The van der Waals surface area contributed by atoms with Gasteiger partial charge in [-0.3, -0.25) is 14.4 Å². The van der Waals surface area contributed by atoms with Crippen LogP contribution in [0.4, 0.5) is 0 Å². The van der Waals surface area contributed by atoms with E-state index in [1.165, 1.54) is 13.5 Å². The number of unbranched alkanes of at least 4 members (excludes halogenated alkanes) is 6. The van der Waals surface area contributed by atoms with Crippen molar-refractivity contribution in [2.75, 3.05) is 7.11 Å². The highest BCUT2D eigenvalue weighted by Crippen LogP contribution is 2.65. The van der Waals surface area contributed by atoms with Crippen LogP contribution in [0.2, 0.25) is 0 Å². The molecule has 1 saturated heterocycles. The number of hydrogen-bond donors (Lipinski definition) is 1. The lowest BCUT2D eigenvalue weighted by molar-refractivity contribution is -0.155. The van der Waals surface area contributed by atoms with E-state index in [0.717, 1.165) is 77.0 Å². The van der Waals surface area contributed by atoms with Crippen LogP contribution < -0.4 is 0 Å². The van der Waals surface area contributed by atoms with Crippen LogP contribution in [0.15, 0.2) is 0 Å². The number of aliphatic hydroxyl groups is 1. The zero-order chi connectivity index (χ0) is 26.0. The number of hydrogen-bond acceptors (Lipinski definition) is 6. The van der Waals surface area contributed by atoms with Gasteiger partial charge >= 0.3 is 17.9 Å². The van der Waals surface area contributed by atoms with Gasteiger partial charge in [-0.15, -0.1) is 0 Å². The molecule has 0 aromatic heterocycles. The second kappa shape index (κ2) is 11.5. The molecule has 4 aliphatic rings. The van der Waals surface area contributed by atoms with Crippen LogP contribution in [0.5, 0.6) is 0 Å². The van der Waals surface area contributed by atoms with Crippen LogP contribution in [0, 0.1) is 52.8 Å². The van der Waals surface area contributed by atoms with Crippen molar-refractivity contribution in [1.82, 2.24) is 0 Å². The van der Waals surface area contributed by atoms with Crippen molar-refractivity contribution in [2.45, 2.75) is 110 Å². The number of cyclic esters (lactones) is 2. The third-order valence-corrected chi connectivity index (χ3v) is 10.5. The van der Waals surface area contributed by atoms with Gasteiger partial charge in [0.15, 0.2) is 0 Å². The van der Waals surface area contributed by atoms with E-state index in [9.17, 15) is 19.5 Å². The summed E-state index contributed by atoms with van der Waals surface area (Å²) in [6.45, 7) is 6.17. The Balaban J connectivity index is 1.21. The van der Waals surface area contributed by atoms with Crippen molar-refractivity contribution in [1.29, 1.82) is 0 Å². The Bertz CT molecular complexity index is 805. The molecule has 4 rings (SSSR count). The number of aliphatic hydroxyl groups excluding tert-OH is 1. The molecule has 4 fully saturated rings. The molecule has 9 atom stereocenters. The number of esters is 3. The number of carbonyl (C=O) groups is 3. The number of ether oxygens (including phenoxy) is 2. The standard InChI is InChI=1S/C30H48O6/c1-18-21-17-22(25-19(21)14-12-15-23(25)31)24(18)26-20(27(32)36-28(26)33)13-10-8-6-5-7-9-11-16-30(2,3)29(34)35-4/h18-26,31H,5-17H2,1-4H3. The van der Waals surface area contributed by atoms with Gasteiger partial charge in [0.25, 0.3) is 0 Å². The molecule has 1 N–H and O–H groups in total. The van der Waals surface area contributed by atoms with E-state index in [4.69, 9.17) is 9.47 Å². The highest BCUT2D eigenvalue weighted by Gasteiger charge is 2.64. The molecule has 0 spiro atoms. The molecule has 6 heteroatoms. The highest BCUT2D eigenvalue weighted by atomic mass is 16.6. The van der Waals surface area contributed by atoms with Crippen LogP contribution in [0.3, 0.4) is 0 Å². The molecule has 0 amide bonds. The summed E-state index contributed by atoms with van der Waals surface area (Å²) in [5.41, 5.74) is -0.412. The van der Waals surface area contributed by atoms with Gasteiger partial charge in [0.1, 0.15) is 0 Å². The smallest absolute Gasteiger partial charge is 0.317 e. The van der Waals surface area contributed by atoms with Crippen molar-refractivity contribution in [3.8, 4) is 0 Å². The fraction of sp³-hybridized carbons (Fsp3) is 0.900. The summed E-state index contributed by atoms with van der Waals surface area (Å²) in [6.07, 6.45) is 13.2. The molecular weight excluding hydrogens is 456 g/mol. The van der Waals surface area contributed by atoms with Gasteiger partial charge in [0.05, 0.1) is 30.5 Å². The van der Waals surface area contributed by atoms with Gasteiger partial charge in [-0.2, -0.15) is 0 Å². The minimum atomic E-state index is -0.412. The van der Waals surface area contributed by atoms with Gasteiger partial charge in [-0.1, -0.05) is 58.3 Å². The molecule has 0 radical (unpaired) electrons. The minimum Gasteiger partial charge on any atom is -0.469 e. The average molecular weight is 505 g/mol. The first-order valence-corrected chi connectivity index (χ1v) is 14.7. The van der Waals surface area contributed by atoms with Crippen molar-refractivity contribution in [3.63, 3.8) is 0 Å². The van der Waals surface area contributed by atoms with Gasteiger partial charge < -0.3 is 14.6 Å². The lowest BCUT2D eigenvalue weighted by Crippen LogP contribution is -2.46. The Hall–Kier alpha value is -1.43. The summed E-state index contributed by atoms with van der Waals surface area (Å²) in [7, 11) is 1.45. The quantitative estimate of drug-likeness (QED) is 0.209. The fourth-order valence-electron chi connectivity index (χ4n) is 8.74. The largest absolute Gasteiger partial charge is 0.469 e. The molecule has 3 aliphatic carbocycles. The second-order valence-electron chi connectivity index (χ2n) is 13.0. The normalized spacial score (nSPS) is 37.8. The molecule has 204 valence electrons. The van der Waals surface area contributed by atoms with Gasteiger partial charge in [0.2, 0.25) is 0 Å². The van der Waals surface area contributed by atoms with E-state index in [1.54, 1.807) is 0 Å². The summed E-state index contributed by atoms with van der Waals surface area (Å²) in [5.74, 6) is 1.11. The predicted octanol–water partition coefficient (Wildman–Crippen LogP) is 5.69. The Morgan fingerprint density at radius 1 is 0.944 bits per heavy atom. The van der Waals surface area contributed by atoms with Gasteiger partial charge in [-0.25, -0.2) is 0 Å². The van der Waals surface area contributed by atoms with Gasteiger partial charge in [0, 0.05) is 0 Å². The summed E-state index contributed by atoms with van der Waals surface area (Å²) in [6, 6.07) is 0. The van der Waals surface area contributed by atoms with Crippen LogP contribution in [-0.4, -0.2) is 36.2 Å². The fourth-order valence-corrected chi connectivity index (χ4v) is 8.74. The van der Waals surface area contributed by atoms with Crippen LogP contribution >= 0.6 is 0 Å². The molecule has 0 aromatic rings. The minimum absolute atomic E-state index is 0.140. The Kier molecular flexibility index (Phi) is 8.84. The zero-order valence-electron chi connectivity index (χ0n) is 22.9. The lowest BCUT2D eigenvalue weighted by Gasteiger charge is -2.46. The maximum atomic E-state index is 12.9. The first-order chi connectivity index (χ1) is 17.2. The summed E-state index contributed by atoms with van der Waals surface area (Å²) in [5, 5.41) is 10.8. The number of fused-ring (bicyclic) bond motifs is 5. The van der Waals surface area contributed by atoms with Crippen LogP contribution in [-0.2, 0) is 23.9 Å². The van der Waals surface area contributed by atoms with E-state index in [1.807, 2.05) is 13.8 Å². The van der Waals surface area contributed by atoms with E-state index in [2.05, 4.69) is 6.92 Å². The van der Waals surface area contributed by atoms with E-state index in [-0.39, 0.29) is 41.8 Å². The molecule has 36 heavy (non-hydrogen) atoms. The number of rotatable bonds is 12. The third-order valence-electron chi connectivity index (χ3n) is 10.5. The molecule has 3 saturated carbocycles. The SMILES string of the molecule is COC(=O)C(C)(C)CCCCCCCCCC1C(=O)OC(=O)C1C1C(C)C2CC1C1C(O)CCCC21. The predicted molar refractivity (Wildman–Crippen MR) is 137 cm³/mol. The molecule has 6 nitrogen and oxygen atoms in total. The lowest BCUT2D eigenvalue weighted by atomic mass is 9.58. The van der Waals surface area contributed by atoms with Crippen LogP contribution in [0.1, 0.15) is 104 Å². The third kappa shape index (κ3) is 5.39. The molecule has 1 heterocycles. The maximum absolute atomic E-state index is 12.9. The summed E-state index contributed by atoms with van der Waals surface area (Å²) >= 11 is 0. The van der Waals surface area contributed by atoms with Crippen molar-refractivity contribution in [3.05, 3.63) is 0 Å². The van der Waals surface area contributed by atoms with Crippen molar-refractivity contribution < 1.29 is 29.0 Å². The average Bonchev–Trinajstić information content (AvgIpc) is 3.46. The molecule has 2 bridgehead atoms. The molecule has 9 unspecified atom stereocenters. The van der Waals surface area contributed by atoms with E-state index >= 15 is 0 Å². The topological polar surface area (TPSA) is 89.9 Å². The molecule has 0 aromatic carbocycles. The highest BCUT2D eigenvalue weighted by molar-refractivity contribution is 5.96. The van der Waals surface area contributed by atoms with Crippen molar-refractivity contribution >= 4 is 17.9 Å². The van der Waals surface area contributed by atoms with Crippen molar-refractivity contribution in [2.24, 2.45) is 52.8 Å². The van der Waals surface area contributed by atoms with E-state index in [0.29, 0.717) is 29.6 Å². The first kappa shape index (κ1) is 27.6. The Labute approximate surface area is 217 Å². The summed E-state index contributed by atoms with van der Waals surface area (Å²) < 4.78 is 10.1. The monoisotopic (exact) mass is 504 g/mol. The molecule has 1 aliphatic heterocycles. The molecular formula is C30H48O6.